The molecule has 1 aromatic heterocycles. The molecule has 1 aliphatic carbocycles. The molecular formula is C30H25ClF6N6O2. The van der Waals surface area contributed by atoms with E-state index in [0.717, 1.165) is 5.56 Å². The Morgan fingerprint density at radius 2 is 1.51 bits per heavy atom. The summed E-state index contributed by atoms with van der Waals surface area (Å²) in [6, 6.07) is 14.7. The summed E-state index contributed by atoms with van der Waals surface area (Å²) in [4.78, 5) is 37.2. The number of hydrogen-bond acceptors (Lipinski definition) is 5. The van der Waals surface area contributed by atoms with Crippen LogP contribution in [0.5, 0.6) is 0 Å². The monoisotopic (exact) mass is 650 g/mol. The summed E-state index contributed by atoms with van der Waals surface area (Å²) in [5.41, 5.74) is 0.608. The van der Waals surface area contributed by atoms with Crippen molar-refractivity contribution in [3.63, 3.8) is 0 Å². The fraction of sp³-hybridized carbons (Fsp3) is 0.267. The van der Waals surface area contributed by atoms with Crippen molar-refractivity contribution >= 4 is 35.2 Å². The number of rotatable bonds is 5. The maximum absolute atomic E-state index is 13.2. The zero-order valence-electron chi connectivity index (χ0n) is 23.3. The van der Waals surface area contributed by atoms with Gasteiger partial charge in [-0.3, -0.25) is 4.79 Å². The molecule has 0 bridgehead atoms. The van der Waals surface area contributed by atoms with Gasteiger partial charge in [-0.25, -0.2) is 14.8 Å². The first-order valence-corrected chi connectivity index (χ1v) is 14.0. The molecule has 2 aliphatic rings. The molecule has 2 heterocycles. The number of carbonyl (C=O) groups is 2. The number of anilines is 2. The zero-order chi connectivity index (χ0) is 32.4. The van der Waals surface area contributed by atoms with Crippen LogP contribution in [0.15, 0.2) is 84.2 Å². The van der Waals surface area contributed by atoms with Crippen LogP contribution in [0.2, 0.25) is 5.02 Å². The number of amides is 3. The fourth-order valence-corrected chi connectivity index (χ4v) is 4.94. The van der Waals surface area contributed by atoms with Gasteiger partial charge in [-0.15, -0.1) is 0 Å². The lowest BCUT2D eigenvalue weighted by atomic mass is 9.92. The molecule has 15 heteroatoms. The summed E-state index contributed by atoms with van der Waals surface area (Å²) < 4.78 is 79.2. The van der Waals surface area contributed by atoms with Crippen LogP contribution < -0.4 is 10.6 Å². The van der Waals surface area contributed by atoms with Gasteiger partial charge < -0.3 is 20.4 Å². The maximum Gasteiger partial charge on any atom is 0.412 e. The minimum absolute atomic E-state index is 0.0321. The Morgan fingerprint density at radius 1 is 0.867 bits per heavy atom. The number of allylic oxidation sites excluding steroid dienone is 3. The number of benzene rings is 2. The van der Waals surface area contributed by atoms with Gasteiger partial charge in [0.1, 0.15) is 0 Å². The van der Waals surface area contributed by atoms with Crippen LogP contribution >= 0.6 is 11.6 Å². The van der Waals surface area contributed by atoms with Crippen molar-refractivity contribution in [2.75, 3.05) is 31.5 Å². The molecule has 1 atom stereocenters. The van der Waals surface area contributed by atoms with E-state index in [2.05, 4.69) is 20.6 Å². The predicted octanol–water partition coefficient (Wildman–Crippen LogP) is 6.96. The topological polar surface area (TPSA) is 90.5 Å². The summed E-state index contributed by atoms with van der Waals surface area (Å²) in [6.07, 6.45) is -8.42. The summed E-state index contributed by atoms with van der Waals surface area (Å²) in [5.74, 6) is -2.33. The van der Waals surface area contributed by atoms with Crippen LogP contribution in [-0.4, -0.2) is 70.2 Å². The van der Waals surface area contributed by atoms with Gasteiger partial charge in [0.25, 0.3) is 5.91 Å². The quantitative estimate of drug-likeness (QED) is 0.292. The van der Waals surface area contributed by atoms with Crippen LogP contribution in [0.1, 0.15) is 16.8 Å². The Bertz CT molecular complexity index is 1620. The molecule has 1 saturated heterocycles. The van der Waals surface area contributed by atoms with Crippen molar-refractivity contribution in [2.45, 2.75) is 18.8 Å². The van der Waals surface area contributed by atoms with Gasteiger partial charge in [0.15, 0.2) is 0 Å². The molecule has 1 fully saturated rings. The van der Waals surface area contributed by atoms with Crippen LogP contribution in [-0.2, 0) is 0 Å². The van der Waals surface area contributed by atoms with Crippen molar-refractivity contribution in [1.29, 1.82) is 0 Å². The molecule has 3 amide bonds. The minimum Gasteiger partial charge on any atom is -0.335 e. The number of urea groups is 1. The molecule has 0 saturated carbocycles. The highest BCUT2D eigenvalue weighted by atomic mass is 35.5. The van der Waals surface area contributed by atoms with Crippen molar-refractivity contribution in [3.8, 4) is 11.3 Å². The van der Waals surface area contributed by atoms with Gasteiger partial charge >= 0.3 is 18.4 Å². The summed E-state index contributed by atoms with van der Waals surface area (Å²) in [6.45, 7) is 0.297. The third kappa shape index (κ3) is 7.93. The molecule has 1 unspecified atom stereocenters. The largest absolute Gasteiger partial charge is 0.412 e. The Balaban J connectivity index is 1.16. The highest BCUT2D eigenvalue weighted by molar-refractivity contribution is 6.30. The van der Waals surface area contributed by atoms with E-state index in [4.69, 9.17) is 11.6 Å². The highest BCUT2D eigenvalue weighted by Crippen LogP contribution is 2.41. The smallest absolute Gasteiger partial charge is 0.335 e. The van der Waals surface area contributed by atoms with E-state index in [1.165, 1.54) is 9.80 Å². The number of nitrogens with zero attached hydrogens (tertiary/aromatic N) is 4. The second kappa shape index (κ2) is 12.8. The molecule has 2 aromatic carbocycles. The summed E-state index contributed by atoms with van der Waals surface area (Å²) in [5, 5.41) is 5.85. The summed E-state index contributed by atoms with van der Waals surface area (Å²) >= 11 is 5.95. The molecular weight excluding hydrogens is 626 g/mol. The number of piperazine rings is 1. The van der Waals surface area contributed by atoms with E-state index in [0.29, 0.717) is 40.1 Å². The van der Waals surface area contributed by atoms with Gasteiger partial charge in [-0.1, -0.05) is 23.7 Å². The standard InChI is InChI=1S/C30H25ClF6N6O2/c31-22-5-1-18(2-6-22)25-9-10-38-27(41-25)39-23-7-3-19(4-8-23)26(44)42-11-13-43(14-12-42)28(45)40-24-16-20(29(32,33)34)15-21(17-24)30(35,36)37/h1-10,16-17,20H,11-15H2,(H,40,45)(H,38,39,41). The first-order chi connectivity index (χ1) is 21.3. The third-order valence-corrected chi connectivity index (χ3v) is 7.48. The van der Waals surface area contributed by atoms with E-state index in [-0.39, 0.29) is 32.1 Å². The number of nitrogens with one attached hydrogen (secondary N) is 2. The SMILES string of the molecule is O=C(NC1=CC(C(F)(F)F)CC(C(F)(F)F)=C1)N1CCN(C(=O)c2ccc(Nc3nccc(-c4ccc(Cl)cc4)n3)cc2)CC1. The normalized spacial score (nSPS) is 17.4. The number of aromatic nitrogens is 2. The van der Waals surface area contributed by atoms with Crippen molar-refractivity contribution in [2.24, 2.45) is 5.92 Å². The van der Waals surface area contributed by atoms with Crippen LogP contribution in [0.25, 0.3) is 11.3 Å². The second-order valence-electron chi connectivity index (χ2n) is 10.3. The first-order valence-electron chi connectivity index (χ1n) is 13.6. The molecule has 2 N–H and O–H groups in total. The van der Waals surface area contributed by atoms with Gasteiger partial charge in [0.05, 0.1) is 11.6 Å². The first kappa shape index (κ1) is 31.8. The molecule has 1 aliphatic heterocycles. The van der Waals surface area contributed by atoms with E-state index < -0.39 is 42.0 Å². The van der Waals surface area contributed by atoms with Gasteiger partial charge in [-0.2, -0.15) is 26.3 Å². The number of carbonyl (C=O) groups excluding carboxylic acids is 2. The predicted molar refractivity (Wildman–Crippen MR) is 155 cm³/mol. The van der Waals surface area contributed by atoms with E-state index in [1.54, 1.807) is 48.7 Å². The lowest BCUT2D eigenvalue weighted by Crippen LogP contribution is -2.53. The molecule has 236 valence electrons. The Kier molecular flexibility index (Phi) is 9.05. The molecule has 8 nitrogen and oxygen atoms in total. The molecule has 45 heavy (non-hydrogen) atoms. The zero-order valence-corrected chi connectivity index (χ0v) is 24.0. The lowest BCUT2D eigenvalue weighted by molar-refractivity contribution is -0.166. The molecule has 0 spiro atoms. The van der Waals surface area contributed by atoms with Gasteiger partial charge in [-0.05, 0) is 61.0 Å². The van der Waals surface area contributed by atoms with Crippen molar-refractivity contribution in [3.05, 3.63) is 94.8 Å². The Morgan fingerprint density at radius 3 is 2.13 bits per heavy atom. The molecule has 3 aromatic rings. The molecule has 0 radical (unpaired) electrons. The van der Waals surface area contributed by atoms with E-state index in [9.17, 15) is 35.9 Å². The van der Waals surface area contributed by atoms with E-state index >= 15 is 0 Å². The maximum atomic E-state index is 13.2. The molecule has 5 rings (SSSR count). The minimum atomic E-state index is -4.97. The number of halogens is 7. The Labute approximate surface area is 258 Å². The third-order valence-electron chi connectivity index (χ3n) is 7.22. The van der Waals surface area contributed by atoms with Crippen LogP contribution in [0, 0.1) is 5.92 Å². The van der Waals surface area contributed by atoms with Gasteiger partial charge in [0.2, 0.25) is 5.95 Å². The van der Waals surface area contributed by atoms with Gasteiger partial charge in [0, 0.05) is 65.5 Å². The number of alkyl halides is 6. The van der Waals surface area contributed by atoms with E-state index in [1.807, 2.05) is 12.1 Å². The second-order valence-corrected chi connectivity index (χ2v) is 10.8. The van der Waals surface area contributed by atoms with Crippen molar-refractivity contribution < 1.29 is 35.9 Å². The van der Waals surface area contributed by atoms with Crippen LogP contribution in [0.4, 0.5) is 42.8 Å². The van der Waals surface area contributed by atoms with Crippen LogP contribution in [0.3, 0.4) is 0 Å². The average molecular weight is 651 g/mol. The summed E-state index contributed by atoms with van der Waals surface area (Å²) in [7, 11) is 0. The highest BCUT2D eigenvalue weighted by Gasteiger charge is 2.45. The lowest BCUT2D eigenvalue weighted by Gasteiger charge is -2.35. The van der Waals surface area contributed by atoms with Crippen molar-refractivity contribution in [1.82, 2.24) is 25.1 Å². The average Bonchev–Trinajstić information content (AvgIpc) is 3.01. The number of hydrogen-bond donors (Lipinski definition) is 2. The Hall–Kier alpha value is -4.59. The fourth-order valence-electron chi connectivity index (χ4n) is 4.82.